The number of nitrogens with zero attached hydrogens (tertiary/aromatic N) is 1. The molecular weight excluding hydrogens is 170 g/mol. The molecule has 0 atom stereocenters. The Kier molecular flexibility index (Phi) is 3.58. The maximum absolute atomic E-state index is 2.59. The summed E-state index contributed by atoms with van der Waals surface area (Å²) in [5, 5.41) is 0. The van der Waals surface area contributed by atoms with Crippen LogP contribution in [0.15, 0.2) is 30.3 Å². The van der Waals surface area contributed by atoms with Crippen molar-refractivity contribution in [3.63, 3.8) is 0 Å². The summed E-state index contributed by atoms with van der Waals surface area (Å²) in [6.07, 6.45) is 5.44. The van der Waals surface area contributed by atoms with Gasteiger partial charge in [0, 0.05) is 6.54 Å². The highest BCUT2D eigenvalue weighted by Gasteiger charge is 2.08. The van der Waals surface area contributed by atoms with Gasteiger partial charge < -0.3 is 4.90 Å². The second-order valence-electron chi connectivity index (χ2n) is 4.14. The average Bonchev–Trinajstić information content (AvgIpc) is 2.29. The molecule has 1 saturated heterocycles. The van der Waals surface area contributed by atoms with Crippen molar-refractivity contribution in [1.82, 2.24) is 4.90 Å². The Hall–Kier alpha value is -0.820. The van der Waals surface area contributed by atoms with Crippen LogP contribution >= 0.6 is 0 Å². The second kappa shape index (κ2) is 5.16. The van der Waals surface area contributed by atoms with E-state index in [4.69, 9.17) is 0 Å². The zero-order valence-electron chi connectivity index (χ0n) is 8.78. The third kappa shape index (κ3) is 2.85. The third-order valence-electron chi connectivity index (χ3n) is 3.01. The molecule has 0 spiro atoms. The molecule has 1 aliphatic heterocycles. The Morgan fingerprint density at radius 1 is 0.929 bits per heavy atom. The largest absolute Gasteiger partial charge is 0.303 e. The van der Waals surface area contributed by atoms with Crippen molar-refractivity contribution in [3.8, 4) is 0 Å². The fourth-order valence-electron chi connectivity index (χ4n) is 2.11. The molecule has 0 radical (unpaired) electrons. The Labute approximate surface area is 86.7 Å². The first-order chi connectivity index (χ1) is 6.95. The minimum absolute atomic E-state index is 1.21. The van der Waals surface area contributed by atoms with Crippen molar-refractivity contribution >= 4 is 0 Å². The van der Waals surface area contributed by atoms with Gasteiger partial charge in [0.25, 0.3) is 0 Å². The number of rotatable bonds is 3. The SMILES string of the molecule is c1ccc(CCN2CCCCC2)cc1. The van der Waals surface area contributed by atoms with Crippen molar-refractivity contribution in [2.45, 2.75) is 25.7 Å². The highest BCUT2D eigenvalue weighted by atomic mass is 15.1. The van der Waals surface area contributed by atoms with Crippen molar-refractivity contribution in [1.29, 1.82) is 0 Å². The zero-order valence-corrected chi connectivity index (χ0v) is 8.78. The summed E-state index contributed by atoms with van der Waals surface area (Å²) in [5.41, 5.74) is 1.47. The lowest BCUT2D eigenvalue weighted by molar-refractivity contribution is 0.231. The Morgan fingerprint density at radius 2 is 1.64 bits per heavy atom. The highest BCUT2D eigenvalue weighted by Crippen LogP contribution is 2.09. The smallest absolute Gasteiger partial charge is 0.00218 e. The minimum Gasteiger partial charge on any atom is -0.303 e. The van der Waals surface area contributed by atoms with Gasteiger partial charge in [-0.25, -0.2) is 0 Å². The van der Waals surface area contributed by atoms with Crippen molar-refractivity contribution in [3.05, 3.63) is 35.9 Å². The first-order valence-electron chi connectivity index (χ1n) is 5.71. The molecule has 0 amide bonds. The van der Waals surface area contributed by atoms with Crippen LogP contribution in [0.2, 0.25) is 0 Å². The lowest BCUT2D eigenvalue weighted by Gasteiger charge is -2.26. The van der Waals surface area contributed by atoms with Gasteiger partial charge in [-0.2, -0.15) is 0 Å². The van der Waals surface area contributed by atoms with Crippen molar-refractivity contribution in [2.75, 3.05) is 19.6 Å². The molecule has 1 heteroatoms. The van der Waals surface area contributed by atoms with E-state index in [1.54, 1.807) is 0 Å². The van der Waals surface area contributed by atoms with E-state index in [9.17, 15) is 0 Å². The van der Waals surface area contributed by atoms with Crippen LogP contribution in [0.4, 0.5) is 0 Å². The van der Waals surface area contributed by atoms with Crippen molar-refractivity contribution < 1.29 is 0 Å². The lowest BCUT2D eigenvalue weighted by Crippen LogP contribution is -2.31. The third-order valence-corrected chi connectivity index (χ3v) is 3.01. The van der Waals surface area contributed by atoms with Crippen LogP contribution in [0.25, 0.3) is 0 Å². The maximum Gasteiger partial charge on any atom is 0.00218 e. The summed E-state index contributed by atoms with van der Waals surface area (Å²) in [6, 6.07) is 10.8. The van der Waals surface area contributed by atoms with E-state index in [1.165, 1.54) is 50.9 Å². The van der Waals surface area contributed by atoms with E-state index < -0.39 is 0 Å². The summed E-state index contributed by atoms with van der Waals surface area (Å²) in [7, 11) is 0. The molecule has 2 rings (SSSR count). The molecule has 0 aromatic heterocycles. The molecular formula is C13H19N. The molecule has 1 heterocycles. The van der Waals surface area contributed by atoms with Gasteiger partial charge >= 0.3 is 0 Å². The molecule has 1 fully saturated rings. The minimum atomic E-state index is 1.21. The van der Waals surface area contributed by atoms with Gasteiger partial charge in [-0.3, -0.25) is 0 Å². The Balaban J connectivity index is 1.76. The lowest BCUT2D eigenvalue weighted by atomic mass is 10.1. The summed E-state index contributed by atoms with van der Waals surface area (Å²) in [4.78, 5) is 2.59. The zero-order chi connectivity index (χ0) is 9.64. The maximum atomic E-state index is 2.59. The number of piperidine rings is 1. The molecule has 0 saturated carbocycles. The van der Waals surface area contributed by atoms with E-state index >= 15 is 0 Å². The fourth-order valence-corrected chi connectivity index (χ4v) is 2.11. The molecule has 0 bridgehead atoms. The molecule has 1 aliphatic rings. The molecule has 14 heavy (non-hydrogen) atoms. The molecule has 1 aromatic rings. The molecule has 1 nitrogen and oxygen atoms in total. The number of likely N-dealkylation sites (tertiary alicyclic amines) is 1. The summed E-state index contributed by atoms with van der Waals surface area (Å²) in [5.74, 6) is 0. The topological polar surface area (TPSA) is 3.24 Å². The predicted molar refractivity (Wildman–Crippen MR) is 60.4 cm³/mol. The van der Waals surface area contributed by atoms with Gasteiger partial charge in [-0.05, 0) is 37.9 Å². The van der Waals surface area contributed by atoms with Gasteiger partial charge in [0.2, 0.25) is 0 Å². The van der Waals surface area contributed by atoms with Gasteiger partial charge in [-0.15, -0.1) is 0 Å². The molecule has 0 N–H and O–H groups in total. The van der Waals surface area contributed by atoms with E-state index in [0.717, 1.165) is 0 Å². The van der Waals surface area contributed by atoms with Crippen LogP contribution in [0.3, 0.4) is 0 Å². The predicted octanol–water partition coefficient (Wildman–Crippen LogP) is 2.72. The number of hydrogen-bond donors (Lipinski definition) is 0. The van der Waals surface area contributed by atoms with Crippen LogP contribution in [-0.2, 0) is 6.42 Å². The molecule has 1 aromatic carbocycles. The van der Waals surface area contributed by atoms with Crippen LogP contribution < -0.4 is 0 Å². The molecule has 0 unspecified atom stereocenters. The molecule has 0 aliphatic carbocycles. The fraction of sp³-hybridized carbons (Fsp3) is 0.538. The van der Waals surface area contributed by atoms with E-state index in [-0.39, 0.29) is 0 Å². The Bertz CT molecular complexity index is 249. The van der Waals surface area contributed by atoms with E-state index in [0.29, 0.717) is 0 Å². The van der Waals surface area contributed by atoms with Gasteiger partial charge in [0.15, 0.2) is 0 Å². The average molecular weight is 189 g/mol. The standard InChI is InChI=1S/C13H19N/c1-3-7-13(8-4-1)9-12-14-10-5-2-6-11-14/h1,3-4,7-8H,2,5-6,9-12H2. The quantitative estimate of drug-likeness (QED) is 0.706. The van der Waals surface area contributed by atoms with Gasteiger partial charge in [0.1, 0.15) is 0 Å². The normalized spacial score (nSPS) is 18.3. The highest BCUT2D eigenvalue weighted by molar-refractivity contribution is 5.14. The first kappa shape index (κ1) is 9.72. The van der Waals surface area contributed by atoms with E-state index in [1.807, 2.05) is 0 Å². The van der Waals surface area contributed by atoms with Crippen LogP contribution in [0.1, 0.15) is 24.8 Å². The van der Waals surface area contributed by atoms with Crippen LogP contribution in [-0.4, -0.2) is 24.5 Å². The van der Waals surface area contributed by atoms with Crippen LogP contribution in [0.5, 0.6) is 0 Å². The van der Waals surface area contributed by atoms with Gasteiger partial charge in [0.05, 0.1) is 0 Å². The summed E-state index contributed by atoms with van der Waals surface area (Å²) >= 11 is 0. The number of hydrogen-bond acceptors (Lipinski definition) is 1. The van der Waals surface area contributed by atoms with Crippen molar-refractivity contribution in [2.24, 2.45) is 0 Å². The Morgan fingerprint density at radius 3 is 2.36 bits per heavy atom. The first-order valence-corrected chi connectivity index (χ1v) is 5.71. The summed E-state index contributed by atoms with van der Waals surface area (Å²) < 4.78 is 0. The molecule has 76 valence electrons. The second-order valence-corrected chi connectivity index (χ2v) is 4.14. The number of benzene rings is 1. The van der Waals surface area contributed by atoms with Crippen LogP contribution in [0, 0.1) is 0 Å². The summed E-state index contributed by atoms with van der Waals surface area (Å²) in [6.45, 7) is 3.86. The van der Waals surface area contributed by atoms with E-state index in [2.05, 4.69) is 35.2 Å². The monoisotopic (exact) mass is 189 g/mol. The van der Waals surface area contributed by atoms with Gasteiger partial charge in [-0.1, -0.05) is 36.8 Å².